The van der Waals surface area contributed by atoms with Gasteiger partial charge in [-0.15, -0.1) is 0 Å². The summed E-state index contributed by atoms with van der Waals surface area (Å²) in [6.07, 6.45) is 7.76. The molecule has 0 saturated heterocycles. The molecule has 0 unspecified atom stereocenters. The van der Waals surface area contributed by atoms with Crippen molar-refractivity contribution in [2.45, 2.75) is 57.9 Å². The van der Waals surface area contributed by atoms with Crippen LogP contribution in [0.3, 0.4) is 0 Å². The van der Waals surface area contributed by atoms with Crippen LogP contribution in [0.1, 0.15) is 51.9 Å². The molecule has 0 aliphatic heterocycles. The van der Waals surface area contributed by atoms with E-state index in [0.29, 0.717) is 19.4 Å². The Morgan fingerprint density at radius 2 is 2.06 bits per heavy atom. The minimum absolute atomic E-state index is 0.0467. The molecule has 1 radical (unpaired) electrons. The molecule has 3 N–H and O–H groups in total. The summed E-state index contributed by atoms with van der Waals surface area (Å²) < 4.78 is 0. The summed E-state index contributed by atoms with van der Waals surface area (Å²) in [5.41, 5.74) is 5.35. The number of rotatable bonds is 10. The van der Waals surface area contributed by atoms with E-state index in [4.69, 9.17) is 5.73 Å². The monoisotopic (exact) mass is 227 g/mol. The number of nitrogens with two attached hydrogens (primary N) is 1. The maximum Gasteiger partial charge on any atom is 0.222 e. The Bertz CT molecular complexity index is 195. The molecule has 4 heteroatoms. The van der Waals surface area contributed by atoms with Gasteiger partial charge < -0.3 is 11.1 Å². The van der Waals surface area contributed by atoms with Crippen LogP contribution < -0.4 is 11.1 Å². The van der Waals surface area contributed by atoms with Crippen LogP contribution in [0.15, 0.2) is 0 Å². The highest BCUT2D eigenvalue weighted by molar-refractivity contribution is 5.79. The Morgan fingerprint density at radius 1 is 1.31 bits per heavy atom. The van der Waals surface area contributed by atoms with Gasteiger partial charge >= 0.3 is 0 Å². The van der Waals surface area contributed by atoms with Gasteiger partial charge in [-0.3, -0.25) is 9.59 Å². The van der Waals surface area contributed by atoms with E-state index in [0.717, 1.165) is 32.1 Å². The molecule has 0 rings (SSSR count). The van der Waals surface area contributed by atoms with Crippen LogP contribution in [-0.4, -0.2) is 24.8 Å². The van der Waals surface area contributed by atoms with Crippen molar-refractivity contribution in [2.24, 2.45) is 5.73 Å². The van der Waals surface area contributed by atoms with Crippen LogP contribution >= 0.6 is 0 Å². The summed E-state index contributed by atoms with van der Waals surface area (Å²) in [6, 6.07) is -0.458. The SMILES string of the molecule is CCCCCC(=O)N[C@H]([C]=O)CCCCN. The van der Waals surface area contributed by atoms with Crippen LogP contribution in [-0.2, 0) is 9.59 Å². The summed E-state index contributed by atoms with van der Waals surface area (Å²) in [5, 5.41) is 2.68. The quantitative estimate of drug-likeness (QED) is 0.552. The molecule has 0 aliphatic carbocycles. The summed E-state index contributed by atoms with van der Waals surface area (Å²) >= 11 is 0. The van der Waals surface area contributed by atoms with E-state index in [2.05, 4.69) is 12.2 Å². The van der Waals surface area contributed by atoms with Gasteiger partial charge in [-0.05, 0) is 32.2 Å². The van der Waals surface area contributed by atoms with Crippen LogP contribution in [0.5, 0.6) is 0 Å². The molecule has 16 heavy (non-hydrogen) atoms. The molecule has 0 spiro atoms. The molecule has 0 heterocycles. The van der Waals surface area contributed by atoms with E-state index in [1.807, 2.05) is 6.29 Å². The van der Waals surface area contributed by atoms with Crippen molar-refractivity contribution in [1.82, 2.24) is 5.32 Å². The fourth-order valence-electron chi connectivity index (χ4n) is 1.46. The second-order valence-corrected chi connectivity index (χ2v) is 3.98. The number of nitrogens with one attached hydrogen (secondary N) is 1. The predicted octanol–water partition coefficient (Wildman–Crippen LogP) is 1.29. The minimum atomic E-state index is -0.458. The maximum atomic E-state index is 11.4. The standard InChI is InChI=1S/C12H23N2O2/c1-2-3-4-8-12(16)14-11(10-15)7-5-6-9-13/h11H,2-9,13H2,1H3,(H,14,16)/t11-/m0/s1. The number of carbonyl (C=O) groups excluding carboxylic acids is 2. The number of hydrogen-bond acceptors (Lipinski definition) is 3. The van der Waals surface area contributed by atoms with Gasteiger partial charge in [0, 0.05) is 6.42 Å². The number of unbranched alkanes of at least 4 members (excludes halogenated alkanes) is 3. The highest BCUT2D eigenvalue weighted by Crippen LogP contribution is 2.01. The van der Waals surface area contributed by atoms with Crippen molar-refractivity contribution in [3.63, 3.8) is 0 Å². The topological polar surface area (TPSA) is 72.2 Å². The molecular weight excluding hydrogens is 204 g/mol. The predicted molar refractivity (Wildman–Crippen MR) is 64.7 cm³/mol. The number of carbonyl (C=O) groups is 1. The van der Waals surface area contributed by atoms with Gasteiger partial charge in [-0.1, -0.05) is 19.8 Å². The summed E-state index contributed by atoms with van der Waals surface area (Å²) in [6.45, 7) is 2.71. The Balaban J connectivity index is 3.65. The molecule has 4 nitrogen and oxygen atoms in total. The first-order valence-electron chi connectivity index (χ1n) is 6.11. The van der Waals surface area contributed by atoms with Crippen molar-refractivity contribution in [3.05, 3.63) is 0 Å². The van der Waals surface area contributed by atoms with E-state index in [1.165, 1.54) is 0 Å². The molecule has 0 bridgehead atoms. The second-order valence-electron chi connectivity index (χ2n) is 3.98. The van der Waals surface area contributed by atoms with Gasteiger partial charge in [0.2, 0.25) is 12.2 Å². The third-order valence-corrected chi connectivity index (χ3v) is 2.43. The Labute approximate surface area is 98.0 Å². The molecule has 0 aliphatic rings. The molecule has 0 fully saturated rings. The third-order valence-electron chi connectivity index (χ3n) is 2.43. The van der Waals surface area contributed by atoms with Crippen molar-refractivity contribution >= 4 is 12.2 Å². The molecule has 1 amide bonds. The molecule has 0 saturated carbocycles. The zero-order valence-corrected chi connectivity index (χ0v) is 10.1. The van der Waals surface area contributed by atoms with Crippen molar-refractivity contribution in [2.75, 3.05) is 6.54 Å². The van der Waals surface area contributed by atoms with Gasteiger partial charge in [0.05, 0.1) is 6.04 Å². The average Bonchev–Trinajstić information content (AvgIpc) is 2.28. The lowest BCUT2D eigenvalue weighted by molar-refractivity contribution is -0.121. The van der Waals surface area contributed by atoms with E-state index < -0.39 is 6.04 Å². The summed E-state index contributed by atoms with van der Waals surface area (Å²) in [5.74, 6) is -0.0467. The van der Waals surface area contributed by atoms with E-state index in [9.17, 15) is 9.59 Å². The molecule has 0 aromatic heterocycles. The minimum Gasteiger partial charge on any atom is -0.346 e. The van der Waals surface area contributed by atoms with E-state index in [-0.39, 0.29) is 5.91 Å². The fourth-order valence-corrected chi connectivity index (χ4v) is 1.46. The van der Waals surface area contributed by atoms with Gasteiger partial charge in [-0.2, -0.15) is 0 Å². The molecule has 1 atom stereocenters. The normalized spacial score (nSPS) is 12.1. The maximum absolute atomic E-state index is 11.4. The van der Waals surface area contributed by atoms with Gasteiger partial charge in [0.15, 0.2) is 0 Å². The number of amides is 1. The fraction of sp³-hybridized carbons (Fsp3) is 0.833. The average molecular weight is 227 g/mol. The van der Waals surface area contributed by atoms with E-state index in [1.54, 1.807) is 0 Å². The molecule has 0 aromatic rings. The van der Waals surface area contributed by atoms with Crippen LogP contribution in [0, 0.1) is 0 Å². The first-order chi connectivity index (χ1) is 7.74. The van der Waals surface area contributed by atoms with Crippen molar-refractivity contribution in [1.29, 1.82) is 0 Å². The van der Waals surface area contributed by atoms with Crippen molar-refractivity contribution < 1.29 is 9.59 Å². The largest absolute Gasteiger partial charge is 0.346 e. The smallest absolute Gasteiger partial charge is 0.222 e. The van der Waals surface area contributed by atoms with E-state index >= 15 is 0 Å². The first kappa shape index (κ1) is 15.1. The van der Waals surface area contributed by atoms with Crippen LogP contribution in [0.4, 0.5) is 0 Å². The summed E-state index contributed by atoms with van der Waals surface area (Å²) in [4.78, 5) is 22.0. The Hall–Kier alpha value is -0.900. The van der Waals surface area contributed by atoms with Gasteiger partial charge in [-0.25, -0.2) is 0 Å². The zero-order valence-electron chi connectivity index (χ0n) is 10.1. The highest BCUT2D eigenvalue weighted by Gasteiger charge is 2.11. The Kier molecular flexibility index (Phi) is 10.0. The zero-order chi connectivity index (χ0) is 12.2. The highest BCUT2D eigenvalue weighted by atomic mass is 16.2. The number of hydrogen-bond donors (Lipinski definition) is 2. The van der Waals surface area contributed by atoms with Gasteiger partial charge in [0.1, 0.15) is 0 Å². The molecular formula is C12H23N2O2. The molecule has 0 aromatic carbocycles. The van der Waals surface area contributed by atoms with Gasteiger partial charge in [0.25, 0.3) is 0 Å². The third kappa shape index (κ3) is 8.41. The lowest BCUT2D eigenvalue weighted by Gasteiger charge is -2.11. The lowest BCUT2D eigenvalue weighted by atomic mass is 10.1. The lowest BCUT2D eigenvalue weighted by Crippen LogP contribution is -2.35. The first-order valence-corrected chi connectivity index (χ1v) is 6.11. The van der Waals surface area contributed by atoms with Crippen LogP contribution in [0.25, 0.3) is 0 Å². The summed E-state index contributed by atoms with van der Waals surface area (Å²) in [7, 11) is 0. The molecule has 93 valence electrons. The second kappa shape index (κ2) is 10.6. The van der Waals surface area contributed by atoms with Crippen molar-refractivity contribution in [3.8, 4) is 0 Å². The van der Waals surface area contributed by atoms with Crippen LogP contribution in [0.2, 0.25) is 0 Å². The Morgan fingerprint density at radius 3 is 2.62 bits per heavy atom.